The minimum atomic E-state index is -1.01. The normalized spacial score (nSPS) is 16.3. The van der Waals surface area contributed by atoms with Gasteiger partial charge in [0.15, 0.2) is 0 Å². The van der Waals surface area contributed by atoms with E-state index in [1.54, 1.807) is 63.5 Å². The van der Waals surface area contributed by atoms with Crippen LogP contribution in [0.1, 0.15) is 40.2 Å². The third-order valence-electron chi connectivity index (χ3n) is 7.45. The number of hydrogen-bond acceptors (Lipinski definition) is 7. The number of carbonyl (C=O) groups is 2. The number of carboxylic acid groups (broad SMARTS) is 1. The molecule has 0 aliphatic carbocycles. The first-order valence-electron chi connectivity index (χ1n) is 13.5. The molecule has 4 aromatic rings. The molecule has 11 heteroatoms. The van der Waals surface area contributed by atoms with E-state index in [0.717, 1.165) is 34.9 Å². The van der Waals surface area contributed by atoms with Crippen molar-refractivity contribution in [1.82, 2.24) is 14.9 Å². The van der Waals surface area contributed by atoms with Crippen LogP contribution in [0.15, 0.2) is 60.8 Å². The summed E-state index contributed by atoms with van der Waals surface area (Å²) in [5.41, 5.74) is 4.60. The Morgan fingerprint density at radius 3 is 2.40 bits per heavy atom. The summed E-state index contributed by atoms with van der Waals surface area (Å²) in [5.74, 6) is -1.57. The molecule has 1 saturated heterocycles. The molecule has 1 fully saturated rings. The number of cyclic esters (lactones) is 1. The second kappa shape index (κ2) is 11.7. The molecule has 0 spiro atoms. The number of methoxy groups -OCH3 is 1. The van der Waals surface area contributed by atoms with E-state index >= 15 is 0 Å². The second-order valence-corrected chi connectivity index (χ2v) is 10.6. The van der Waals surface area contributed by atoms with E-state index < -0.39 is 35.8 Å². The summed E-state index contributed by atoms with van der Waals surface area (Å²) in [4.78, 5) is 37.0. The van der Waals surface area contributed by atoms with Gasteiger partial charge in [0.05, 0.1) is 31.0 Å². The largest absolute Gasteiger partial charge is 0.496 e. The van der Waals surface area contributed by atoms with Crippen molar-refractivity contribution in [3.8, 4) is 28.0 Å². The maximum Gasteiger partial charge on any atom is 0.411 e. The number of nitrogens with zero attached hydrogens (tertiary/aromatic N) is 4. The average Bonchev–Trinajstić information content (AvgIpc) is 3.24. The Kier molecular flexibility index (Phi) is 7.99. The van der Waals surface area contributed by atoms with Crippen LogP contribution in [0, 0.1) is 18.6 Å². The highest BCUT2D eigenvalue weighted by atomic mass is 19.1. The lowest BCUT2D eigenvalue weighted by Gasteiger charge is -2.23. The van der Waals surface area contributed by atoms with Gasteiger partial charge in [0, 0.05) is 43.0 Å². The van der Waals surface area contributed by atoms with Crippen molar-refractivity contribution in [1.29, 1.82) is 0 Å². The van der Waals surface area contributed by atoms with Gasteiger partial charge in [-0.05, 0) is 66.9 Å². The summed E-state index contributed by atoms with van der Waals surface area (Å²) in [6.07, 6.45) is 0.129. The maximum absolute atomic E-state index is 14.0. The fourth-order valence-electron chi connectivity index (χ4n) is 5.23. The zero-order valence-corrected chi connectivity index (χ0v) is 24.3. The molecule has 5 rings (SSSR count). The van der Waals surface area contributed by atoms with Gasteiger partial charge in [-0.15, -0.1) is 0 Å². The number of carbonyl (C=O) groups excluding carboxylic acids is 1. The van der Waals surface area contributed by atoms with Gasteiger partial charge in [-0.25, -0.2) is 28.3 Å². The Balaban J connectivity index is 1.57. The molecule has 222 valence electrons. The van der Waals surface area contributed by atoms with Crippen molar-refractivity contribution < 1.29 is 33.0 Å². The van der Waals surface area contributed by atoms with Gasteiger partial charge >= 0.3 is 12.1 Å². The zero-order chi connectivity index (χ0) is 31.0. The molecule has 0 saturated carbocycles. The van der Waals surface area contributed by atoms with Gasteiger partial charge < -0.3 is 19.5 Å². The molecular weight excluding hydrogens is 558 g/mol. The first-order valence-corrected chi connectivity index (χ1v) is 13.5. The smallest absolute Gasteiger partial charge is 0.411 e. The Labute approximate surface area is 247 Å². The van der Waals surface area contributed by atoms with E-state index in [9.17, 15) is 23.5 Å². The summed E-state index contributed by atoms with van der Waals surface area (Å²) in [7, 11) is 5.14. The van der Waals surface area contributed by atoms with Crippen LogP contribution in [-0.4, -0.2) is 59.3 Å². The molecule has 0 bridgehead atoms. The SMILES string of the molecule is COc1ccc(-c2ccc(C(=O)O)cc2C)cc1-c1cnc(N(C)C)nc1CN1C(=O)O[C@H](c2cc(F)cc(F)c2)[C@@H]1C. The summed E-state index contributed by atoms with van der Waals surface area (Å²) < 4.78 is 39.2. The molecule has 1 aliphatic rings. The van der Waals surface area contributed by atoms with E-state index in [-0.39, 0.29) is 17.7 Å². The zero-order valence-electron chi connectivity index (χ0n) is 24.3. The van der Waals surface area contributed by atoms with E-state index in [0.29, 0.717) is 28.5 Å². The van der Waals surface area contributed by atoms with Gasteiger partial charge in [0.25, 0.3) is 0 Å². The van der Waals surface area contributed by atoms with Crippen molar-refractivity contribution in [3.63, 3.8) is 0 Å². The predicted octanol–water partition coefficient (Wildman–Crippen LogP) is 6.25. The van der Waals surface area contributed by atoms with Crippen LogP contribution >= 0.6 is 0 Å². The molecule has 2 atom stereocenters. The minimum absolute atomic E-state index is 0.0205. The average molecular weight is 589 g/mol. The number of carboxylic acids is 1. The number of aromatic nitrogens is 2. The monoisotopic (exact) mass is 588 g/mol. The Morgan fingerprint density at radius 1 is 1.05 bits per heavy atom. The fourth-order valence-corrected chi connectivity index (χ4v) is 5.23. The number of aryl methyl sites for hydroxylation is 1. The maximum atomic E-state index is 14.0. The van der Waals surface area contributed by atoms with E-state index in [1.165, 1.54) is 4.90 Å². The molecule has 9 nitrogen and oxygen atoms in total. The highest BCUT2D eigenvalue weighted by Gasteiger charge is 2.40. The summed E-state index contributed by atoms with van der Waals surface area (Å²) >= 11 is 0. The minimum Gasteiger partial charge on any atom is -0.496 e. The predicted molar refractivity (Wildman–Crippen MR) is 156 cm³/mol. The van der Waals surface area contributed by atoms with Crippen LogP contribution in [0.2, 0.25) is 0 Å². The Bertz CT molecular complexity index is 1710. The summed E-state index contributed by atoms with van der Waals surface area (Å²) in [5, 5.41) is 9.38. The lowest BCUT2D eigenvalue weighted by Crippen LogP contribution is -2.32. The van der Waals surface area contributed by atoms with Gasteiger partial charge in [-0.2, -0.15) is 0 Å². The third-order valence-corrected chi connectivity index (χ3v) is 7.45. The summed E-state index contributed by atoms with van der Waals surface area (Å²) in [6, 6.07) is 13.0. The van der Waals surface area contributed by atoms with Crippen LogP contribution in [0.4, 0.5) is 19.5 Å². The van der Waals surface area contributed by atoms with Crippen LogP contribution in [-0.2, 0) is 11.3 Å². The van der Waals surface area contributed by atoms with Crippen molar-refractivity contribution >= 4 is 18.0 Å². The van der Waals surface area contributed by atoms with Crippen LogP contribution in [0.25, 0.3) is 22.3 Å². The first kappa shape index (κ1) is 29.4. The number of aromatic carboxylic acids is 1. The highest BCUT2D eigenvalue weighted by Crippen LogP contribution is 2.39. The van der Waals surface area contributed by atoms with Crippen LogP contribution < -0.4 is 9.64 Å². The second-order valence-electron chi connectivity index (χ2n) is 10.6. The number of anilines is 1. The fraction of sp³-hybridized carbons (Fsp3) is 0.250. The lowest BCUT2D eigenvalue weighted by atomic mass is 9.94. The van der Waals surface area contributed by atoms with Gasteiger partial charge in [-0.1, -0.05) is 12.1 Å². The molecule has 43 heavy (non-hydrogen) atoms. The molecule has 1 N–H and O–H groups in total. The van der Waals surface area contributed by atoms with E-state index in [2.05, 4.69) is 4.98 Å². The number of ether oxygens (including phenoxy) is 2. The molecule has 2 heterocycles. The number of benzene rings is 3. The third kappa shape index (κ3) is 5.83. The highest BCUT2D eigenvalue weighted by molar-refractivity contribution is 5.89. The summed E-state index contributed by atoms with van der Waals surface area (Å²) in [6.45, 7) is 3.61. The van der Waals surface area contributed by atoms with Gasteiger partial charge in [0.2, 0.25) is 5.95 Å². The topological polar surface area (TPSA) is 105 Å². The molecule has 1 amide bonds. The van der Waals surface area contributed by atoms with Crippen molar-refractivity contribution in [2.75, 3.05) is 26.1 Å². The van der Waals surface area contributed by atoms with Gasteiger partial charge in [0.1, 0.15) is 23.5 Å². The number of rotatable bonds is 8. The lowest BCUT2D eigenvalue weighted by molar-refractivity contribution is 0.0696. The standard InChI is InChI=1S/C32H30F2N4O5/c1-17-10-20(30(39)40)6-8-24(17)19-7-9-28(42-5)25(13-19)26-15-35-31(37(3)4)36-27(26)16-38-18(2)29(43-32(38)41)21-11-22(33)14-23(34)12-21/h6-15,18,29H,16H2,1-5H3,(H,39,40)/t18-,29-/m0/s1. The number of halogens is 2. The van der Waals surface area contributed by atoms with E-state index in [1.807, 2.05) is 19.1 Å². The number of amides is 1. The van der Waals surface area contributed by atoms with Crippen LogP contribution in [0.5, 0.6) is 5.75 Å². The van der Waals surface area contributed by atoms with E-state index in [4.69, 9.17) is 14.5 Å². The molecule has 0 radical (unpaired) electrons. The first-order chi connectivity index (χ1) is 20.5. The van der Waals surface area contributed by atoms with Crippen molar-refractivity contribution in [2.24, 2.45) is 0 Å². The molecular formula is C32H30F2N4O5. The Morgan fingerprint density at radius 2 is 1.77 bits per heavy atom. The number of hydrogen-bond donors (Lipinski definition) is 1. The quantitative estimate of drug-likeness (QED) is 0.258. The Hall–Kier alpha value is -5.06. The van der Waals surface area contributed by atoms with Crippen molar-refractivity contribution in [3.05, 3.63) is 94.8 Å². The van der Waals surface area contributed by atoms with Crippen molar-refractivity contribution in [2.45, 2.75) is 32.5 Å². The molecule has 1 aliphatic heterocycles. The molecule has 1 aromatic heterocycles. The van der Waals surface area contributed by atoms with Crippen LogP contribution in [0.3, 0.4) is 0 Å². The molecule has 0 unspecified atom stereocenters. The molecule has 3 aromatic carbocycles. The van der Waals surface area contributed by atoms with Gasteiger partial charge in [-0.3, -0.25) is 4.90 Å².